The Bertz CT molecular complexity index is 309. The molecule has 0 aromatic rings. The average Bonchev–Trinajstić information content (AvgIpc) is 2.14. The van der Waals surface area contributed by atoms with Gasteiger partial charge in [-0.25, -0.2) is 4.79 Å². The largest absolute Gasteiger partial charge is 0.462 e. The molecule has 1 N–H and O–H groups in total. The number of quaternary nitrogens is 1. The summed E-state index contributed by atoms with van der Waals surface area (Å²) in [6.07, 6.45) is 0.213. The molecule has 0 aliphatic carbocycles. The maximum atomic E-state index is 11.7. The van der Waals surface area contributed by atoms with Gasteiger partial charge in [-0.05, 0) is 6.92 Å². The Balaban J connectivity index is 3.95. The van der Waals surface area contributed by atoms with E-state index in [0.717, 1.165) is 0 Å². The van der Waals surface area contributed by atoms with Gasteiger partial charge in [0.15, 0.2) is 5.85 Å². The smallest absolute Gasteiger partial charge is 0.333 e. The quantitative estimate of drug-likeness (QED) is 0.318. The Labute approximate surface area is 103 Å². The van der Waals surface area contributed by atoms with Crippen molar-refractivity contribution in [2.45, 2.75) is 12.8 Å². The molecule has 5 nitrogen and oxygen atoms in total. The lowest BCUT2D eigenvalue weighted by Gasteiger charge is -2.26. The molecule has 17 heavy (non-hydrogen) atoms. The van der Waals surface area contributed by atoms with E-state index in [9.17, 15) is 14.5 Å². The summed E-state index contributed by atoms with van der Waals surface area (Å²) < 4.78 is 17.1. The molecule has 0 aromatic carbocycles. The minimum Gasteiger partial charge on any atom is -0.462 e. The first-order chi connectivity index (χ1) is 7.63. The molecule has 0 spiro atoms. The van der Waals surface area contributed by atoms with Gasteiger partial charge < -0.3 is 18.9 Å². The van der Waals surface area contributed by atoms with E-state index in [1.807, 2.05) is 21.1 Å². The monoisotopic (exact) mass is 264 g/mol. The van der Waals surface area contributed by atoms with Gasteiger partial charge in [0.05, 0.1) is 27.7 Å². The number of ether oxygens (including phenoxy) is 1. The highest BCUT2D eigenvalue weighted by Crippen LogP contribution is 2.26. The van der Waals surface area contributed by atoms with Crippen LogP contribution in [-0.2, 0) is 14.1 Å². The minimum absolute atomic E-state index is 0.0672. The topological polar surface area (TPSA) is 63.6 Å². The lowest BCUT2D eigenvalue weighted by Crippen LogP contribution is -2.40. The fraction of sp³-hybridized carbons (Fsp3) is 0.727. The zero-order valence-electron chi connectivity index (χ0n) is 11.0. The van der Waals surface area contributed by atoms with Crippen LogP contribution in [-0.4, -0.2) is 61.9 Å². The number of carbonyl (C=O) groups excluding carboxylic acids is 1. The van der Waals surface area contributed by atoms with Gasteiger partial charge in [0.2, 0.25) is 0 Å². The van der Waals surface area contributed by atoms with Gasteiger partial charge >= 0.3 is 5.97 Å². The predicted molar refractivity (Wildman–Crippen MR) is 68.5 cm³/mol. The molecule has 0 aliphatic rings. The fourth-order valence-electron chi connectivity index (χ4n) is 1.15. The summed E-state index contributed by atoms with van der Waals surface area (Å²) in [5.74, 6) is -1.32. The fourth-order valence-corrected chi connectivity index (χ4v) is 2.54. The van der Waals surface area contributed by atoms with Crippen LogP contribution in [0, 0.1) is 0 Å². The van der Waals surface area contributed by atoms with Gasteiger partial charge in [0.1, 0.15) is 14.3 Å². The van der Waals surface area contributed by atoms with Crippen LogP contribution in [0.15, 0.2) is 12.2 Å². The molecule has 0 aromatic heterocycles. The number of aliphatic hydroxyl groups excluding tert-OH is 1. The Hall–Kier alpha value is -0.640. The molecule has 6 heteroatoms. The van der Waals surface area contributed by atoms with E-state index in [1.165, 1.54) is 0 Å². The summed E-state index contributed by atoms with van der Waals surface area (Å²) in [5.41, 5.74) is 0.316. The first kappa shape index (κ1) is 16.4. The lowest BCUT2D eigenvalue weighted by molar-refractivity contribution is -0.871. The van der Waals surface area contributed by atoms with E-state index in [-0.39, 0.29) is 12.8 Å². The van der Waals surface area contributed by atoms with E-state index in [0.29, 0.717) is 16.6 Å². The highest BCUT2D eigenvalue weighted by molar-refractivity contribution is 7.45. The number of esters is 1. The third-order valence-electron chi connectivity index (χ3n) is 2.02. The van der Waals surface area contributed by atoms with Crippen molar-refractivity contribution in [3.8, 4) is 0 Å². The zero-order chi connectivity index (χ0) is 13.6. The second-order valence-corrected chi connectivity index (χ2v) is 7.22. The Kier molecular flexibility index (Phi) is 6.68. The number of hydrogen-bond acceptors (Lipinski definition) is 4. The zero-order valence-corrected chi connectivity index (χ0v) is 12.0. The van der Waals surface area contributed by atoms with Gasteiger partial charge in [0.25, 0.3) is 0 Å². The van der Waals surface area contributed by atoms with Crippen LogP contribution in [0.4, 0.5) is 0 Å². The van der Waals surface area contributed by atoms with Crippen molar-refractivity contribution in [3.05, 3.63) is 12.2 Å². The molecule has 0 rings (SSSR count). The predicted octanol–water partition coefficient (Wildman–Crippen LogP) is 0.690. The lowest BCUT2D eigenvalue weighted by atomic mass is 10.4. The minimum atomic E-state index is -2.14. The number of aliphatic hydroxyl groups is 1. The third kappa shape index (κ3) is 8.13. The van der Waals surface area contributed by atoms with Crippen LogP contribution in [0.3, 0.4) is 0 Å². The van der Waals surface area contributed by atoms with E-state index in [2.05, 4.69) is 6.58 Å². The molecule has 0 fully saturated rings. The summed E-state index contributed by atoms with van der Waals surface area (Å²) in [7, 11) is 3.61. The Morgan fingerprint density at radius 2 is 2.00 bits per heavy atom. The molecular formula is C11H23NO4P+. The SMILES string of the molecule is C=C(C)C(=O)OCC[PH](=O)C(O)C[N+](C)(C)C. The van der Waals surface area contributed by atoms with Crippen LogP contribution < -0.4 is 0 Å². The van der Waals surface area contributed by atoms with E-state index in [1.54, 1.807) is 6.92 Å². The summed E-state index contributed by atoms with van der Waals surface area (Å²) in [4.78, 5) is 11.0. The average molecular weight is 264 g/mol. The number of likely N-dealkylation sites (N-methyl/N-ethyl adjacent to an activating group) is 1. The molecule has 0 amide bonds. The third-order valence-corrected chi connectivity index (χ3v) is 3.65. The molecular weight excluding hydrogens is 241 g/mol. The number of rotatable bonds is 7. The summed E-state index contributed by atoms with van der Waals surface area (Å²) in [6.45, 7) is 5.48. The molecule has 100 valence electrons. The Morgan fingerprint density at radius 1 is 1.47 bits per heavy atom. The van der Waals surface area contributed by atoms with Gasteiger partial charge in [-0.3, -0.25) is 0 Å². The van der Waals surface area contributed by atoms with Crippen molar-refractivity contribution in [2.24, 2.45) is 0 Å². The second kappa shape index (κ2) is 6.94. The molecule has 0 saturated heterocycles. The highest BCUT2D eigenvalue weighted by Gasteiger charge is 2.21. The standard InChI is InChI=1S/C11H23NO4P/c1-9(2)11(14)16-6-7-17(15)10(13)8-12(3,4)5/h10,13,17H,1,6-8H2,2-5H3/q+1. The Morgan fingerprint density at radius 3 is 2.41 bits per heavy atom. The molecule has 2 unspecified atom stereocenters. The highest BCUT2D eigenvalue weighted by atomic mass is 31.1. The van der Waals surface area contributed by atoms with Crippen molar-refractivity contribution in [1.82, 2.24) is 0 Å². The summed E-state index contributed by atoms with van der Waals surface area (Å²) in [6, 6.07) is 0. The van der Waals surface area contributed by atoms with Crippen LogP contribution in [0.1, 0.15) is 6.92 Å². The van der Waals surface area contributed by atoms with Crippen LogP contribution in [0.2, 0.25) is 0 Å². The van der Waals surface area contributed by atoms with Gasteiger partial charge in [-0.2, -0.15) is 0 Å². The summed E-state index contributed by atoms with van der Waals surface area (Å²) in [5, 5.41) is 9.69. The molecule has 0 saturated carbocycles. The van der Waals surface area contributed by atoms with Crippen molar-refractivity contribution >= 4 is 13.8 Å². The molecule has 2 atom stereocenters. The van der Waals surface area contributed by atoms with Crippen LogP contribution in [0.5, 0.6) is 0 Å². The normalized spacial score (nSPS) is 15.1. The van der Waals surface area contributed by atoms with E-state index < -0.39 is 19.6 Å². The van der Waals surface area contributed by atoms with E-state index >= 15 is 0 Å². The van der Waals surface area contributed by atoms with Gasteiger partial charge in [-0.15, -0.1) is 0 Å². The van der Waals surface area contributed by atoms with Crippen molar-refractivity contribution in [2.75, 3.05) is 40.5 Å². The van der Waals surface area contributed by atoms with Crippen molar-refractivity contribution in [3.63, 3.8) is 0 Å². The first-order valence-corrected chi connectivity index (χ1v) is 7.16. The maximum absolute atomic E-state index is 11.7. The molecule has 0 aliphatic heterocycles. The van der Waals surface area contributed by atoms with E-state index in [4.69, 9.17) is 4.74 Å². The van der Waals surface area contributed by atoms with Crippen molar-refractivity contribution in [1.29, 1.82) is 0 Å². The van der Waals surface area contributed by atoms with Gasteiger partial charge in [-0.1, -0.05) is 6.58 Å². The molecule has 0 radical (unpaired) electrons. The summed E-state index contributed by atoms with van der Waals surface area (Å²) >= 11 is 0. The van der Waals surface area contributed by atoms with Gasteiger partial charge in [0, 0.05) is 11.7 Å². The molecule has 0 heterocycles. The second-order valence-electron chi connectivity index (χ2n) is 5.12. The molecule has 0 bridgehead atoms. The number of nitrogens with zero attached hydrogens (tertiary/aromatic N) is 1. The number of carbonyl (C=O) groups is 1. The first-order valence-electron chi connectivity index (χ1n) is 5.47. The number of hydrogen-bond donors (Lipinski definition) is 1. The van der Waals surface area contributed by atoms with Crippen molar-refractivity contribution < 1.29 is 23.7 Å². The van der Waals surface area contributed by atoms with Crippen LogP contribution in [0.25, 0.3) is 0 Å². The van der Waals surface area contributed by atoms with Crippen LogP contribution >= 0.6 is 7.80 Å². The maximum Gasteiger partial charge on any atom is 0.333 e.